The molecule has 2 nitrogen and oxygen atoms in total. The first-order valence-corrected chi connectivity index (χ1v) is 6.38. The van der Waals surface area contributed by atoms with Crippen LogP contribution in [0.4, 0.5) is 10.1 Å². The number of hydrogen-bond donors (Lipinski definition) is 2. The summed E-state index contributed by atoms with van der Waals surface area (Å²) in [5, 5.41) is 13.7. The summed E-state index contributed by atoms with van der Waals surface area (Å²) >= 11 is 6.02. The van der Waals surface area contributed by atoms with E-state index in [0.717, 1.165) is 11.3 Å². The van der Waals surface area contributed by atoms with Gasteiger partial charge in [0.25, 0.3) is 0 Å². The summed E-state index contributed by atoms with van der Waals surface area (Å²) in [6, 6.07) is 11.7. The third kappa shape index (κ3) is 3.46. The predicted molar refractivity (Wildman–Crippen MR) is 76.0 cm³/mol. The van der Waals surface area contributed by atoms with E-state index in [9.17, 15) is 9.50 Å². The zero-order chi connectivity index (χ0) is 13.8. The molecule has 0 heterocycles. The number of rotatable bonds is 4. The van der Waals surface area contributed by atoms with E-state index >= 15 is 0 Å². The van der Waals surface area contributed by atoms with Crippen LogP contribution in [0.1, 0.15) is 17.2 Å². The summed E-state index contributed by atoms with van der Waals surface area (Å²) in [6.45, 7) is 2.13. The van der Waals surface area contributed by atoms with Crippen molar-refractivity contribution in [2.45, 2.75) is 13.0 Å². The molecular formula is C15H15ClFNO. The van der Waals surface area contributed by atoms with Crippen LogP contribution < -0.4 is 5.32 Å². The molecule has 2 N–H and O–H groups in total. The number of hydrogen-bond acceptors (Lipinski definition) is 2. The van der Waals surface area contributed by atoms with Crippen molar-refractivity contribution < 1.29 is 9.50 Å². The minimum Gasteiger partial charge on any atom is -0.387 e. The average molecular weight is 280 g/mol. The van der Waals surface area contributed by atoms with Crippen molar-refractivity contribution in [3.05, 3.63) is 64.4 Å². The van der Waals surface area contributed by atoms with Gasteiger partial charge in [0.1, 0.15) is 5.82 Å². The number of aliphatic hydroxyl groups excluding tert-OH is 1. The number of aliphatic hydroxyl groups is 1. The van der Waals surface area contributed by atoms with Crippen LogP contribution in [0.15, 0.2) is 42.5 Å². The van der Waals surface area contributed by atoms with Gasteiger partial charge in [-0.05, 0) is 36.8 Å². The summed E-state index contributed by atoms with van der Waals surface area (Å²) in [4.78, 5) is 0. The highest BCUT2D eigenvalue weighted by molar-refractivity contribution is 6.31. The molecule has 100 valence electrons. The summed E-state index contributed by atoms with van der Waals surface area (Å²) in [5.41, 5.74) is 2.27. The van der Waals surface area contributed by atoms with Gasteiger partial charge in [-0.2, -0.15) is 0 Å². The molecule has 0 aliphatic rings. The third-order valence-corrected chi connectivity index (χ3v) is 3.28. The van der Waals surface area contributed by atoms with Gasteiger partial charge in [0.2, 0.25) is 0 Å². The maximum atomic E-state index is 13.0. The molecule has 0 fully saturated rings. The van der Waals surface area contributed by atoms with Crippen molar-refractivity contribution >= 4 is 17.3 Å². The summed E-state index contributed by atoms with van der Waals surface area (Å²) in [6.07, 6.45) is -0.710. The summed E-state index contributed by atoms with van der Waals surface area (Å²) < 4.78 is 13.0. The Morgan fingerprint density at radius 3 is 2.68 bits per heavy atom. The molecule has 0 spiro atoms. The van der Waals surface area contributed by atoms with Crippen molar-refractivity contribution in [2.75, 3.05) is 11.9 Å². The van der Waals surface area contributed by atoms with Crippen LogP contribution in [0.5, 0.6) is 0 Å². The molecule has 0 aromatic heterocycles. The van der Waals surface area contributed by atoms with Crippen LogP contribution in [0.2, 0.25) is 5.02 Å². The Morgan fingerprint density at radius 1 is 1.26 bits per heavy atom. The van der Waals surface area contributed by atoms with Crippen molar-refractivity contribution in [3.63, 3.8) is 0 Å². The molecule has 1 unspecified atom stereocenters. The van der Waals surface area contributed by atoms with Crippen LogP contribution >= 0.6 is 11.6 Å². The van der Waals surface area contributed by atoms with Crippen LogP contribution in [0.25, 0.3) is 0 Å². The molecular weight excluding hydrogens is 265 g/mol. The summed E-state index contributed by atoms with van der Waals surface area (Å²) in [5.74, 6) is -0.269. The molecule has 2 aromatic carbocycles. The van der Waals surface area contributed by atoms with E-state index in [4.69, 9.17) is 11.6 Å². The standard InChI is InChI=1S/C15H15ClFNO/c1-10-8-11(17)6-7-14(10)18-9-15(19)12-4-2-3-5-13(12)16/h2-8,15,18-19H,9H2,1H3. The molecule has 4 heteroatoms. The van der Waals surface area contributed by atoms with E-state index in [0.29, 0.717) is 17.1 Å². The topological polar surface area (TPSA) is 32.3 Å². The minimum atomic E-state index is -0.710. The van der Waals surface area contributed by atoms with E-state index in [1.165, 1.54) is 12.1 Å². The Hall–Kier alpha value is -1.58. The Balaban J connectivity index is 2.04. The zero-order valence-electron chi connectivity index (χ0n) is 10.5. The fraction of sp³-hybridized carbons (Fsp3) is 0.200. The van der Waals surface area contributed by atoms with E-state index in [-0.39, 0.29) is 5.82 Å². The number of benzene rings is 2. The average Bonchev–Trinajstić information content (AvgIpc) is 2.38. The monoisotopic (exact) mass is 279 g/mol. The third-order valence-electron chi connectivity index (χ3n) is 2.94. The molecule has 0 saturated carbocycles. The van der Waals surface area contributed by atoms with E-state index in [1.807, 2.05) is 19.1 Å². The van der Waals surface area contributed by atoms with Crippen LogP contribution in [0, 0.1) is 12.7 Å². The normalized spacial score (nSPS) is 12.2. The molecule has 19 heavy (non-hydrogen) atoms. The Morgan fingerprint density at radius 2 is 2.00 bits per heavy atom. The number of anilines is 1. The molecule has 0 radical (unpaired) electrons. The van der Waals surface area contributed by atoms with E-state index in [2.05, 4.69) is 5.32 Å². The second kappa shape index (κ2) is 6.04. The van der Waals surface area contributed by atoms with Crippen molar-refractivity contribution in [1.29, 1.82) is 0 Å². The van der Waals surface area contributed by atoms with E-state index < -0.39 is 6.10 Å². The maximum Gasteiger partial charge on any atom is 0.123 e. The molecule has 0 aliphatic carbocycles. The fourth-order valence-corrected chi connectivity index (χ4v) is 2.15. The first kappa shape index (κ1) is 13.8. The van der Waals surface area contributed by atoms with Gasteiger partial charge in [-0.1, -0.05) is 29.8 Å². The van der Waals surface area contributed by atoms with Crippen molar-refractivity contribution in [3.8, 4) is 0 Å². The Bertz CT molecular complexity index is 574. The second-order valence-corrected chi connectivity index (χ2v) is 4.78. The van der Waals surface area contributed by atoms with Gasteiger partial charge in [0.15, 0.2) is 0 Å². The molecule has 2 aromatic rings. The van der Waals surface area contributed by atoms with E-state index in [1.54, 1.807) is 18.2 Å². The van der Waals surface area contributed by atoms with Crippen LogP contribution in [0.3, 0.4) is 0 Å². The zero-order valence-corrected chi connectivity index (χ0v) is 11.3. The second-order valence-electron chi connectivity index (χ2n) is 4.38. The van der Waals surface area contributed by atoms with Crippen molar-refractivity contribution in [1.82, 2.24) is 0 Å². The lowest BCUT2D eigenvalue weighted by Gasteiger charge is -2.15. The van der Waals surface area contributed by atoms with Gasteiger partial charge >= 0.3 is 0 Å². The maximum absolute atomic E-state index is 13.0. The highest BCUT2D eigenvalue weighted by atomic mass is 35.5. The van der Waals surface area contributed by atoms with Gasteiger partial charge in [-0.3, -0.25) is 0 Å². The first-order valence-electron chi connectivity index (χ1n) is 6.00. The largest absolute Gasteiger partial charge is 0.387 e. The highest BCUT2D eigenvalue weighted by Gasteiger charge is 2.11. The van der Waals surface area contributed by atoms with Gasteiger partial charge in [0, 0.05) is 22.8 Å². The lowest BCUT2D eigenvalue weighted by Crippen LogP contribution is -2.13. The molecule has 0 bridgehead atoms. The number of nitrogens with one attached hydrogen (secondary N) is 1. The minimum absolute atomic E-state index is 0.269. The lowest BCUT2D eigenvalue weighted by molar-refractivity contribution is 0.191. The van der Waals surface area contributed by atoms with Crippen LogP contribution in [-0.2, 0) is 0 Å². The van der Waals surface area contributed by atoms with Gasteiger partial charge in [0.05, 0.1) is 6.10 Å². The Kier molecular flexibility index (Phi) is 4.40. The molecule has 0 saturated heterocycles. The lowest BCUT2D eigenvalue weighted by atomic mass is 10.1. The number of halogens is 2. The molecule has 2 rings (SSSR count). The number of aryl methyl sites for hydroxylation is 1. The highest BCUT2D eigenvalue weighted by Crippen LogP contribution is 2.23. The molecule has 1 atom stereocenters. The smallest absolute Gasteiger partial charge is 0.123 e. The SMILES string of the molecule is Cc1cc(F)ccc1NCC(O)c1ccccc1Cl. The van der Waals surface area contributed by atoms with Crippen molar-refractivity contribution in [2.24, 2.45) is 0 Å². The predicted octanol–water partition coefficient (Wildman–Crippen LogP) is 3.93. The van der Waals surface area contributed by atoms with Gasteiger partial charge in [-0.25, -0.2) is 4.39 Å². The van der Waals surface area contributed by atoms with Gasteiger partial charge < -0.3 is 10.4 Å². The molecule has 0 aliphatic heterocycles. The molecule has 0 amide bonds. The quantitative estimate of drug-likeness (QED) is 0.889. The van der Waals surface area contributed by atoms with Gasteiger partial charge in [-0.15, -0.1) is 0 Å². The Labute approximate surface area is 116 Å². The fourth-order valence-electron chi connectivity index (χ4n) is 1.89. The summed E-state index contributed by atoms with van der Waals surface area (Å²) in [7, 11) is 0. The van der Waals surface area contributed by atoms with Crippen LogP contribution in [-0.4, -0.2) is 11.7 Å². The first-order chi connectivity index (χ1) is 9.08.